The van der Waals surface area contributed by atoms with Crippen molar-refractivity contribution in [3.63, 3.8) is 0 Å². The Morgan fingerprint density at radius 1 is 1.00 bits per heavy atom. The van der Waals surface area contributed by atoms with E-state index in [1.165, 1.54) is 10.7 Å². The number of rotatable bonds is 6. The largest absolute Gasteiger partial charge is 0.471 e. The second-order valence-electron chi connectivity index (χ2n) is 6.84. The molecule has 4 rings (SSSR count). The molecule has 0 saturated heterocycles. The summed E-state index contributed by atoms with van der Waals surface area (Å²) in [4.78, 5) is 12.3. The summed E-state index contributed by atoms with van der Waals surface area (Å²) in [5.74, 6) is -0.279. The minimum atomic E-state index is -0.490. The molecule has 1 N–H and O–H groups in total. The summed E-state index contributed by atoms with van der Waals surface area (Å²) in [5, 5.41) is 6.74. The molecule has 0 atom stereocenters. The van der Waals surface area contributed by atoms with Crippen molar-refractivity contribution in [1.29, 1.82) is 0 Å². The smallest absolute Gasteiger partial charge is 0.276 e. The van der Waals surface area contributed by atoms with Crippen molar-refractivity contribution in [3.05, 3.63) is 102 Å². The molecule has 0 bridgehead atoms. The molecule has 1 amide bonds. The van der Waals surface area contributed by atoms with Gasteiger partial charge in [0.25, 0.3) is 5.91 Å². The molecule has 150 valence electrons. The third-order valence-corrected chi connectivity index (χ3v) is 4.57. The summed E-state index contributed by atoms with van der Waals surface area (Å²) >= 11 is 0. The Hall–Kier alpha value is -3.93. The lowest BCUT2D eigenvalue weighted by Gasteiger charge is -2.08. The number of hydrogen-bond acceptors (Lipinski definition) is 3. The predicted octanol–water partition coefficient (Wildman–Crippen LogP) is 5.29. The minimum absolute atomic E-state index is 0.129. The Bertz CT molecular complexity index is 1150. The number of benzene rings is 3. The van der Waals surface area contributed by atoms with E-state index in [9.17, 15) is 9.18 Å². The quantitative estimate of drug-likeness (QED) is 0.478. The topological polar surface area (TPSA) is 56.2 Å². The minimum Gasteiger partial charge on any atom is -0.471 e. The van der Waals surface area contributed by atoms with Gasteiger partial charge in [0.1, 0.15) is 11.6 Å². The Labute approximate surface area is 173 Å². The molecule has 0 saturated carbocycles. The van der Waals surface area contributed by atoms with Crippen LogP contribution in [0, 0.1) is 12.7 Å². The number of aromatic nitrogens is 2. The lowest BCUT2D eigenvalue weighted by atomic mass is 10.1. The maximum Gasteiger partial charge on any atom is 0.276 e. The molecule has 0 unspecified atom stereocenters. The van der Waals surface area contributed by atoms with Crippen molar-refractivity contribution >= 4 is 11.6 Å². The third kappa shape index (κ3) is 4.55. The SMILES string of the molecule is Cc1ccc(F)c(NC(=O)c2ccn(COc3ccc(-c4ccccc4)cc3)n2)c1. The van der Waals surface area contributed by atoms with Crippen LogP contribution in [0.5, 0.6) is 5.75 Å². The monoisotopic (exact) mass is 401 g/mol. The fraction of sp³-hybridized carbons (Fsp3) is 0.0833. The highest BCUT2D eigenvalue weighted by Crippen LogP contribution is 2.22. The first-order valence-electron chi connectivity index (χ1n) is 9.48. The van der Waals surface area contributed by atoms with Crippen molar-refractivity contribution in [3.8, 4) is 16.9 Å². The maximum atomic E-state index is 13.8. The molecule has 0 spiro atoms. The predicted molar refractivity (Wildman–Crippen MR) is 114 cm³/mol. The summed E-state index contributed by atoms with van der Waals surface area (Å²) in [6.07, 6.45) is 1.64. The van der Waals surface area contributed by atoms with Crippen LogP contribution in [0.15, 0.2) is 85.1 Å². The standard InChI is InChI=1S/C24H20FN3O2/c1-17-7-12-21(25)23(15-17)26-24(29)22-13-14-28(27-22)16-30-20-10-8-19(9-11-20)18-5-3-2-4-6-18/h2-15H,16H2,1H3,(H,26,29). The van der Waals surface area contributed by atoms with Crippen molar-refractivity contribution in [1.82, 2.24) is 9.78 Å². The van der Waals surface area contributed by atoms with Crippen LogP contribution in [-0.4, -0.2) is 15.7 Å². The van der Waals surface area contributed by atoms with E-state index in [4.69, 9.17) is 4.74 Å². The third-order valence-electron chi connectivity index (χ3n) is 4.57. The number of hydrogen-bond donors (Lipinski definition) is 1. The molecular formula is C24H20FN3O2. The molecule has 0 radical (unpaired) electrons. The molecule has 0 fully saturated rings. The van der Waals surface area contributed by atoms with E-state index in [0.717, 1.165) is 16.7 Å². The van der Waals surface area contributed by atoms with Gasteiger partial charge in [0.15, 0.2) is 12.4 Å². The number of carbonyl (C=O) groups excluding carboxylic acids is 1. The molecule has 6 heteroatoms. The van der Waals surface area contributed by atoms with Gasteiger partial charge in [-0.3, -0.25) is 4.79 Å². The Balaban J connectivity index is 1.36. The van der Waals surface area contributed by atoms with Crippen LogP contribution in [-0.2, 0) is 6.73 Å². The number of anilines is 1. The van der Waals surface area contributed by atoms with Gasteiger partial charge in [-0.25, -0.2) is 9.07 Å². The molecule has 1 heterocycles. The summed E-state index contributed by atoms with van der Waals surface area (Å²) in [7, 11) is 0. The van der Waals surface area contributed by atoms with Crippen LogP contribution in [0.25, 0.3) is 11.1 Å². The van der Waals surface area contributed by atoms with Crippen molar-refractivity contribution in [2.24, 2.45) is 0 Å². The first-order valence-corrected chi connectivity index (χ1v) is 9.48. The molecular weight excluding hydrogens is 381 g/mol. The molecule has 0 aliphatic carbocycles. The van der Waals surface area contributed by atoms with E-state index < -0.39 is 11.7 Å². The van der Waals surface area contributed by atoms with Crippen LogP contribution < -0.4 is 10.1 Å². The zero-order chi connectivity index (χ0) is 20.9. The van der Waals surface area contributed by atoms with Crippen LogP contribution in [0.4, 0.5) is 10.1 Å². The zero-order valence-corrected chi connectivity index (χ0v) is 16.4. The zero-order valence-electron chi connectivity index (χ0n) is 16.4. The molecule has 1 aromatic heterocycles. The van der Waals surface area contributed by atoms with E-state index >= 15 is 0 Å². The molecule has 30 heavy (non-hydrogen) atoms. The highest BCUT2D eigenvalue weighted by atomic mass is 19.1. The van der Waals surface area contributed by atoms with Crippen molar-refractivity contribution < 1.29 is 13.9 Å². The number of nitrogens with one attached hydrogen (secondary N) is 1. The average molecular weight is 401 g/mol. The highest BCUT2D eigenvalue weighted by Gasteiger charge is 2.12. The molecule has 4 aromatic rings. The van der Waals surface area contributed by atoms with E-state index in [2.05, 4.69) is 22.5 Å². The van der Waals surface area contributed by atoms with Gasteiger partial charge < -0.3 is 10.1 Å². The number of carbonyl (C=O) groups is 1. The normalized spacial score (nSPS) is 10.6. The van der Waals surface area contributed by atoms with E-state index in [-0.39, 0.29) is 18.1 Å². The van der Waals surface area contributed by atoms with Gasteiger partial charge >= 0.3 is 0 Å². The van der Waals surface area contributed by atoms with Gasteiger partial charge in [-0.2, -0.15) is 5.10 Å². The Morgan fingerprint density at radius 3 is 2.50 bits per heavy atom. The number of amides is 1. The second kappa shape index (κ2) is 8.61. The van der Waals surface area contributed by atoms with E-state index in [1.54, 1.807) is 24.4 Å². The summed E-state index contributed by atoms with van der Waals surface area (Å²) in [5.41, 5.74) is 3.40. The fourth-order valence-corrected chi connectivity index (χ4v) is 2.99. The fourth-order valence-electron chi connectivity index (χ4n) is 2.99. The van der Waals surface area contributed by atoms with E-state index in [0.29, 0.717) is 5.75 Å². The Kier molecular flexibility index (Phi) is 5.57. The van der Waals surface area contributed by atoms with Gasteiger partial charge in [-0.15, -0.1) is 0 Å². The van der Waals surface area contributed by atoms with Crippen LogP contribution in [0.2, 0.25) is 0 Å². The summed E-state index contributed by atoms with van der Waals surface area (Å²) in [6.45, 7) is 1.98. The average Bonchev–Trinajstić information content (AvgIpc) is 3.25. The van der Waals surface area contributed by atoms with Gasteiger partial charge in [0, 0.05) is 6.20 Å². The second-order valence-corrected chi connectivity index (χ2v) is 6.84. The first-order chi connectivity index (χ1) is 14.6. The number of ether oxygens (including phenoxy) is 1. The van der Waals surface area contributed by atoms with Gasteiger partial charge in [0.2, 0.25) is 0 Å². The lowest BCUT2D eigenvalue weighted by Crippen LogP contribution is -2.15. The van der Waals surface area contributed by atoms with Crippen LogP contribution in [0.3, 0.4) is 0 Å². The molecule has 5 nitrogen and oxygen atoms in total. The van der Waals surface area contributed by atoms with Gasteiger partial charge in [-0.05, 0) is 53.9 Å². The number of halogens is 1. The molecule has 0 aliphatic heterocycles. The molecule has 0 aliphatic rings. The first kappa shape index (κ1) is 19.4. The summed E-state index contributed by atoms with van der Waals surface area (Å²) in [6, 6.07) is 23.9. The number of aryl methyl sites for hydroxylation is 1. The number of nitrogens with zero attached hydrogens (tertiary/aromatic N) is 2. The van der Waals surface area contributed by atoms with E-state index in [1.807, 2.05) is 49.4 Å². The van der Waals surface area contributed by atoms with Crippen LogP contribution >= 0.6 is 0 Å². The lowest BCUT2D eigenvalue weighted by molar-refractivity contribution is 0.101. The summed E-state index contributed by atoms with van der Waals surface area (Å²) < 4.78 is 21.1. The highest BCUT2D eigenvalue weighted by molar-refractivity contribution is 6.02. The van der Waals surface area contributed by atoms with Gasteiger partial charge in [0.05, 0.1) is 5.69 Å². The van der Waals surface area contributed by atoms with Crippen molar-refractivity contribution in [2.45, 2.75) is 13.7 Å². The van der Waals surface area contributed by atoms with Crippen molar-refractivity contribution in [2.75, 3.05) is 5.32 Å². The maximum absolute atomic E-state index is 13.8. The van der Waals surface area contributed by atoms with Crippen LogP contribution in [0.1, 0.15) is 16.1 Å². The van der Waals surface area contributed by atoms with Gasteiger partial charge in [-0.1, -0.05) is 48.5 Å². The Morgan fingerprint density at radius 2 is 1.73 bits per heavy atom. The molecule has 3 aromatic carbocycles.